The minimum atomic E-state index is -1.36. The summed E-state index contributed by atoms with van der Waals surface area (Å²) in [7, 11) is 0. The minimum Gasteiger partial charge on any atom is -0.387 e. The molecule has 0 unspecified atom stereocenters. The highest BCUT2D eigenvalue weighted by atomic mass is 16.6. The molecule has 0 aliphatic carbocycles. The third-order valence-corrected chi connectivity index (χ3v) is 5.99. The summed E-state index contributed by atoms with van der Waals surface area (Å²) in [6, 6.07) is 0. The maximum absolute atomic E-state index is 12.5. The lowest BCUT2D eigenvalue weighted by molar-refractivity contribution is -0.137. The van der Waals surface area contributed by atoms with E-state index in [4.69, 9.17) is 10.5 Å². The molecule has 2 aromatic heterocycles. The molecule has 1 aliphatic rings. The second kappa shape index (κ2) is 12.1. The second-order valence-electron chi connectivity index (χ2n) is 8.48. The number of nitrogens with zero attached hydrogens (tertiary/aromatic N) is 4. The van der Waals surface area contributed by atoms with Gasteiger partial charge < -0.3 is 26.0 Å². The van der Waals surface area contributed by atoms with E-state index in [1.54, 1.807) is 0 Å². The summed E-state index contributed by atoms with van der Waals surface area (Å²) in [5.74, 6) is -0.235. The van der Waals surface area contributed by atoms with Crippen LogP contribution < -0.4 is 11.1 Å². The minimum absolute atomic E-state index is 0.201. The molecule has 0 saturated carbocycles. The maximum Gasteiger partial charge on any atom is 0.252 e. The van der Waals surface area contributed by atoms with E-state index in [2.05, 4.69) is 27.2 Å². The van der Waals surface area contributed by atoms with E-state index in [-0.39, 0.29) is 5.82 Å². The van der Waals surface area contributed by atoms with Crippen LogP contribution in [0.4, 0.5) is 5.82 Å². The predicted molar refractivity (Wildman–Crippen MR) is 121 cm³/mol. The molecule has 1 saturated heterocycles. The van der Waals surface area contributed by atoms with Gasteiger partial charge in [-0.3, -0.25) is 9.36 Å². The molecule has 5 N–H and O–H groups in total. The van der Waals surface area contributed by atoms with Gasteiger partial charge in [0.15, 0.2) is 23.8 Å². The summed E-state index contributed by atoms with van der Waals surface area (Å²) < 4.78 is 7.16. The average molecular weight is 449 g/mol. The quantitative estimate of drug-likeness (QED) is 0.340. The van der Waals surface area contributed by atoms with E-state index in [9.17, 15) is 15.0 Å². The van der Waals surface area contributed by atoms with Crippen molar-refractivity contribution in [3.8, 4) is 0 Å². The Bertz CT molecular complexity index is 860. The van der Waals surface area contributed by atoms with Crippen LogP contribution in [0, 0.1) is 0 Å². The zero-order chi connectivity index (χ0) is 22.9. The number of fused-ring (bicyclic) bond motifs is 1. The van der Waals surface area contributed by atoms with Crippen molar-refractivity contribution in [3.63, 3.8) is 0 Å². The number of aromatic nitrogens is 4. The molecule has 0 aromatic carbocycles. The van der Waals surface area contributed by atoms with Crippen molar-refractivity contribution in [1.29, 1.82) is 0 Å². The molecule has 32 heavy (non-hydrogen) atoms. The topological polar surface area (TPSA) is 148 Å². The summed E-state index contributed by atoms with van der Waals surface area (Å²) >= 11 is 0. The van der Waals surface area contributed by atoms with E-state index in [1.807, 2.05) is 0 Å². The number of rotatable bonds is 13. The molecule has 10 heteroatoms. The number of nitrogen functional groups attached to an aromatic ring is 1. The first-order valence-corrected chi connectivity index (χ1v) is 11.8. The Labute approximate surface area is 188 Å². The summed E-state index contributed by atoms with van der Waals surface area (Å²) in [4.78, 5) is 24.7. The van der Waals surface area contributed by atoms with Crippen LogP contribution in [0.3, 0.4) is 0 Å². The molecule has 1 amide bonds. The first-order chi connectivity index (χ1) is 15.5. The number of nitrogens with two attached hydrogens (primary N) is 1. The SMILES string of the molecule is CCCCCCCCCCCCNC(=O)[C@H]1O[C@@H](n2cnc3c(N)ncnc32)[C@H](O)[C@@H]1O. The molecular weight excluding hydrogens is 412 g/mol. The van der Waals surface area contributed by atoms with Gasteiger partial charge in [0.25, 0.3) is 5.91 Å². The van der Waals surface area contributed by atoms with Gasteiger partial charge in [-0.05, 0) is 6.42 Å². The van der Waals surface area contributed by atoms with E-state index >= 15 is 0 Å². The Hall–Kier alpha value is -2.30. The van der Waals surface area contributed by atoms with Gasteiger partial charge in [0, 0.05) is 6.54 Å². The van der Waals surface area contributed by atoms with E-state index in [0.29, 0.717) is 17.7 Å². The number of imidazole rings is 1. The third-order valence-electron chi connectivity index (χ3n) is 5.99. The predicted octanol–water partition coefficient (Wildman–Crippen LogP) is 2.06. The number of carbonyl (C=O) groups excluding carboxylic acids is 1. The Morgan fingerprint density at radius 1 is 1.03 bits per heavy atom. The summed E-state index contributed by atoms with van der Waals surface area (Å²) in [6.07, 6.45) is 10.0. The monoisotopic (exact) mass is 448 g/mol. The zero-order valence-electron chi connectivity index (χ0n) is 18.8. The fraction of sp³-hybridized carbons (Fsp3) is 0.727. The summed E-state index contributed by atoms with van der Waals surface area (Å²) in [6.45, 7) is 2.74. The van der Waals surface area contributed by atoms with Crippen molar-refractivity contribution in [2.45, 2.75) is 95.7 Å². The smallest absolute Gasteiger partial charge is 0.252 e. The van der Waals surface area contributed by atoms with Crippen LogP contribution in [0.15, 0.2) is 12.7 Å². The van der Waals surface area contributed by atoms with Crippen LogP contribution in [-0.2, 0) is 9.53 Å². The van der Waals surface area contributed by atoms with E-state index < -0.39 is 30.4 Å². The first kappa shape index (κ1) is 24.3. The van der Waals surface area contributed by atoms with Gasteiger partial charge in [0.2, 0.25) is 0 Å². The van der Waals surface area contributed by atoms with Crippen LogP contribution in [0.1, 0.15) is 77.4 Å². The molecule has 1 aliphatic heterocycles. The molecule has 178 valence electrons. The number of anilines is 1. The lowest BCUT2D eigenvalue weighted by Crippen LogP contribution is -2.43. The number of hydrogen-bond acceptors (Lipinski definition) is 8. The molecule has 2 aromatic rings. The highest BCUT2D eigenvalue weighted by Gasteiger charge is 2.47. The number of aliphatic hydroxyl groups is 2. The number of carbonyl (C=O) groups is 1. The van der Waals surface area contributed by atoms with Crippen LogP contribution in [0.5, 0.6) is 0 Å². The third kappa shape index (κ3) is 5.93. The molecule has 0 bridgehead atoms. The van der Waals surface area contributed by atoms with Crippen LogP contribution in [0.2, 0.25) is 0 Å². The molecule has 0 radical (unpaired) electrons. The fourth-order valence-corrected chi connectivity index (χ4v) is 4.09. The standard InChI is InChI=1S/C22H36N6O4/c1-2-3-4-5-6-7-8-9-10-11-12-24-21(31)18-16(29)17(30)22(32-18)28-14-27-15-19(23)25-13-26-20(15)28/h13-14,16-18,22,29-30H,2-12H2,1H3,(H,24,31)(H2,23,25,26)/t16-,17+,18-,22+/m0/s1. The van der Waals surface area contributed by atoms with Gasteiger partial charge in [-0.1, -0.05) is 64.7 Å². The molecule has 3 rings (SSSR count). The average Bonchev–Trinajstić information content (AvgIpc) is 3.34. The van der Waals surface area contributed by atoms with Gasteiger partial charge >= 0.3 is 0 Å². The highest BCUT2D eigenvalue weighted by molar-refractivity contribution is 5.82. The van der Waals surface area contributed by atoms with Crippen molar-refractivity contribution in [3.05, 3.63) is 12.7 Å². The van der Waals surface area contributed by atoms with Crippen LogP contribution in [0.25, 0.3) is 11.2 Å². The fourth-order valence-electron chi connectivity index (χ4n) is 4.09. The summed E-state index contributed by atoms with van der Waals surface area (Å²) in [5.41, 5.74) is 6.52. The lowest BCUT2D eigenvalue weighted by Gasteiger charge is -2.16. The number of nitrogens with one attached hydrogen (secondary N) is 1. The van der Waals surface area contributed by atoms with Crippen LogP contribution >= 0.6 is 0 Å². The Morgan fingerprint density at radius 3 is 2.38 bits per heavy atom. The van der Waals surface area contributed by atoms with Crippen molar-refractivity contribution in [2.75, 3.05) is 12.3 Å². The molecule has 1 fully saturated rings. The van der Waals surface area contributed by atoms with Gasteiger partial charge in [0.1, 0.15) is 24.1 Å². The van der Waals surface area contributed by atoms with Crippen LogP contribution in [-0.4, -0.2) is 60.5 Å². The van der Waals surface area contributed by atoms with Crippen molar-refractivity contribution in [1.82, 2.24) is 24.8 Å². The zero-order valence-corrected chi connectivity index (χ0v) is 18.8. The van der Waals surface area contributed by atoms with E-state index in [0.717, 1.165) is 19.3 Å². The van der Waals surface area contributed by atoms with E-state index in [1.165, 1.54) is 62.2 Å². The van der Waals surface area contributed by atoms with Gasteiger partial charge in [0.05, 0.1) is 6.33 Å². The lowest BCUT2D eigenvalue weighted by atomic mass is 10.1. The van der Waals surface area contributed by atoms with Crippen molar-refractivity contribution < 1.29 is 19.7 Å². The first-order valence-electron chi connectivity index (χ1n) is 11.8. The Balaban J connectivity index is 1.39. The number of unbranched alkanes of at least 4 members (excludes halogenated alkanes) is 9. The number of aliphatic hydroxyl groups excluding tert-OH is 2. The molecule has 0 spiro atoms. The number of hydrogen-bond donors (Lipinski definition) is 4. The molecule has 10 nitrogen and oxygen atoms in total. The van der Waals surface area contributed by atoms with Crippen molar-refractivity contribution >= 4 is 22.9 Å². The van der Waals surface area contributed by atoms with Gasteiger partial charge in [-0.15, -0.1) is 0 Å². The maximum atomic E-state index is 12.5. The van der Waals surface area contributed by atoms with Gasteiger partial charge in [-0.2, -0.15) is 0 Å². The normalized spacial score (nSPS) is 23.1. The summed E-state index contributed by atoms with van der Waals surface area (Å²) in [5, 5.41) is 23.6. The Morgan fingerprint density at radius 2 is 1.69 bits per heavy atom. The number of amides is 1. The van der Waals surface area contributed by atoms with Gasteiger partial charge in [-0.25, -0.2) is 15.0 Å². The molecule has 3 heterocycles. The second-order valence-corrected chi connectivity index (χ2v) is 8.48. The molecule has 4 atom stereocenters. The largest absolute Gasteiger partial charge is 0.387 e. The van der Waals surface area contributed by atoms with Crippen molar-refractivity contribution in [2.24, 2.45) is 0 Å². The highest BCUT2D eigenvalue weighted by Crippen LogP contribution is 2.32. The number of ether oxygens (including phenoxy) is 1. The Kier molecular flexibility index (Phi) is 9.19. The molecular formula is C22H36N6O4.